The van der Waals surface area contributed by atoms with Gasteiger partial charge in [0, 0.05) is 37.1 Å². The molecule has 3 nitrogen and oxygen atoms in total. The highest BCUT2D eigenvalue weighted by molar-refractivity contribution is 7.09. The van der Waals surface area contributed by atoms with Gasteiger partial charge >= 0.3 is 0 Å². The molecule has 1 aromatic heterocycles. The molecule has 2 atom stereocenters. The van der Waals surface area contributed by atoms with E-state index in [0.717, 1.165) is 19.6 Å². The molecule has 19 heavy (non-hydrogen) atoms. The van der Waals surface area contributed by atoms with Crippen molar-refractivity contribution in [2.75, 3.05) is 13.1 Å². The van der Waals surface area contributed by atoms with Crippen LogP contribution < -0.4 is 5.32 Å². The van der Waals surface area contributed by atoms with Crippen LogP contribution in [0, 0.1) is 12.3 Å². The van der Waals surface area contributed by atoms with Crippen LogP contribution in [-0.2, 0) is 6.54 Å². The van der Waals surface area contributed by atoms with Gasteiger partial charge < -0.3 is 5.32 Å². The maximum absolute atomic E-state index is 4.63. The number of aryl methyl sites for hydroxylation is 1. The second-order valence-corrected chi connectivity index (χ2v) is 7.74. The summed E-state index contributed by atoms with van der Waals surface area (Å²) in [6, 6.07) is 1.20. The molecule has 1 N–H and O–H groups in total. The molecule has 1 aliphatic heterocycles. The predicted octanol–water partition coefficient (Wildman–Crippen LogP) is 3.05. The molecular weight excluding hydrogens is 254 g/mol. The fourth-order valence-corrected chi connectivity index (χ4v) is 3.48. The van der Waals surface area contributed by atoms with Crippen LogP contribution in [0.4, 0.5) is 0 Å². The molecule has 2 heterocycles. The maximum atomic E-state index is 4.63. The number of rotatable bonds is 3. The summed E-state index contributed by atoms with van der Waals surface area (Å²) < 4.78 is 0. The zero-order valence-corrected chi connectivity index (χ0v) is 13.7. The van der Waals surface area contributed by atoms with Crippen molar-refractivity contribution in [3.05, 3.63) is 16.1 Å². The van der Waals surface area contributed by atoms with Crippen LogP contribution in [0.2, 0.25) is 0 Å². The molecule has 0 spiro atoms. The molecular formula is C15H27N3S. The fourth-order valence-electron chi connectivity index (χ4n) is 2.87. The number of aromatic nitrogens is 1. The Morgan fingerprint density at radius 1 is 1.47 bits per heavy atom. The van der Waals surface area contributed by atoms with Crippen LogP contribution >= 0.6 is 11.3 Å². The molecule has 0 saturated carbocycles. The average Bonchev–Trinajstić information content (AvgIpc) is 2.73. The molecule has 2 unspecified atom stereocenters. The highest BCUT2D eigenvalue weighted by atomic mass is 32.1. The van der Waals surface area contributed by atoms with Gasteiger partial charge in [-0.05, 0) is 18.8 Å². The molecule has 108 valence electrons. The predicted molar refractivity (Wildman–Crippen MR) is 82.6 cm³/mol. The molecule has 0 amide bonds. The Kier molecular flexibility index (Phi) is 4.64. The lowest BCUT2D eigenvalue weighted by Crippen LogP contribution is -2.59. The first-order valence-corrected chi connectivity index (χ1v) is 8.16. The van der Waals surface area contributed by atoms with Crippen molar-refractivity contribution in [3.63, 3.8) is 0 Å². The molecule has 0 aliphatic carbocycles. The standard InChI is InChI=1S/C15H27N3S/c1-6-12-8-18(9-13-10-19-11(2)17-13)14(7-16-12)15(3,4)5/h10,12,14,16H,6-9H2,1-5H3. The van der Waals surface area contributed by atoms with Crippen molar-refractivity contribution in [1.29, 1.82) is 0 Å². The molecule has 0 aromatic carbocycles. The molecule has 4 heteroatoms. The van der Waals surface area contributed by atoms with E-state index in [1.54, 1.807) is 11.3 Å². The van der Waals surface area contributed by atoms with E-state index in [2.05, 4.69) is 55.2 Å². The molecule has 1 saturated heterocycles. The Morgan fingerprint density at radius 2 is 2.21 bits per heavy atom. The molecule has 1 aliphatic rings. The topological polar surface area (TPSA) is 28.2 Å². The van der Waals surface area contributed by atoms with Crippen molar-refractivity contribution in [3.8, 4) is 0 Å². The molecule has 0 bridgehead atoms. The van der Waals surface area contributed by atoms with Gasteiger partial charge in [0.2, 0.25) is 0 Å². The number of thiazole rings is 1. The number of nitrogens with zero attached hydrogens (tertiary/aromatic N) is 2. The van der Waals surface area contributed by atoms with E-state index in [9.17, 15) is 0 Å². The van der Waals surface area contributed by atoms with Crippen molar-refractivity contribution >= 4 is 11.3 Å². The van der Waals surface area contributed by atoms with Crippen molar-refractivity contribution < 1.29 is 0 Å². The lowest BCUT2D eigenvalue weighted by molar-refractivity contribution is 0.0477. The summed E-state index contributed by atoms with van der Waals surface area (Å²) in [5.41, 5.74) is 1.53. The number of nitrogens with one attached hydrogen (secondary N) is 1. The SMILES string of the molecule is CCC1CN(Cc2csc(C)n2)C(C(C)(C)C)CN1. The minimum atomic E-state index is 0.302. The van der Waals surface area contributed by atoms with E-state index < -0.39 is 0 Å². The fraction of sp³-hybridized carbons (Fsp3) is 0.800. The van der Waals surface area contributed by atoms with Crippen molar-refractivity contribution in [1.82, 2.24) is 15.2 Å². The van der Waals surface area contributed by atoms with Crippen LogP contribution in [0.5, 0.6) is 0 Å². The van der Waals surface area contributed by atoms with Gasteiger partial charge in [0.1, 0.15) is 0 Å². The van der Waals surface area contributed by atoms with E-state index in [4.69, 9.17) is 0 Å². The molecule has 1 aromatic rings. The normalized spacial score (nSPS) is 25.7. The summed E-state index contributed by atoms with van der Waals surface area (Å²) in [4.78, 5) is 7.25. The molecule has 1 fully saturated rings. The number of piperazine rings is 1. The first kappa shape index (κ1) is 14.9. The number of hydrogen-bond donors (Lipinski definition) is 1. The van der Waals surface area contributed by atoms with Crippen molar-refractivity contribution in [2.24, 2.45) is 5.41 Å². The van der Waals surface area contributed by atoms with Crippen LogP contribution in [0.25, 0.3) is 0 Å². The van der Waals surface area contributed by atoms with E-state index in [1.165, 1.54) is 17.1 Å². The lowest BCUT2D eigenvalue weighted by atomic mass is 9.83. The van der Waals surface area contributed by atoms with Crippen LogP contribution in [-0.4, -0.2) is 35.1 Å². The smallest absolute Gasteiger partial charge is 0.0897 e. The zero-order valence-electron chi connectivity index (χ0n) is 12.9. The zero-order chi connectivity index (χ0) is 14.0. The van der Waals surface area contributed by atoms with E-state index in [-0.39, 0.29) is 0 Å². The lowest BCUT2D eigenvalue weighted by Gasteiger charge is -2.46. The van der Waals surface area contributed by atoms with Crippen molar-refractivity contribution in [2.45, 2.75) is 59.7 Å². The Balaban J connectivity index is 2.11. The van der Waals surface area contributed by atoms with E-state index >= 15 is 0 Å². The quantitative estimate of drug-likeness (QED) is 0.923. The van der Waals surface area contributed by atoms with Crippen LogP contribution in [0.3, 0.4) is 0 Å². The molecule has 2 rings (SSSR count). The third-order valence-corrected chi connectivity index (χ3v) is 4.84. The highest BCUT2D eigenvalue weighted by Gasteiger charge is 2.35. The summed E-state index contributed by atoms with van der Waals surface area (Å²) in [5, 5.41) is 7.06. The third kappa shape index (κ3) is 3.77. The summed E-state index contributed by atoms with van der Waals surface area (Å²) in [6.45, 7) is 14.6. The minimum absolute atomic E-state index is 0.302. The summed E-state index contributed by atoms with van der Waals surface area (Å²) in [7, 11) is 0. The first-order valence-electron chi connectivity index (χ1n) is 7.28. The van der Waals surface area contributed by atoms with Gasteiger partial charge in [0.15, 0.2) is 0 Å². The Labute approximate surface area is 121 Å². The van der Waals surface area contributed by atoms with Gasteiger partial charge in [0.05, 0.1) is 10.7 Å². The minimum Gasteiger partial charge on any atom is -0.311 e. The summed E-state index contributed by atoms with van der Waals surface area (Å²) >= 11 is 1.75. The Hall–Kier alpha value is -0.450. The Bertz CT molecular complexity index is 408. The third-order valence-electron chi connectivity index (χ3n) is 4.02. The average molecular weight is 281 g/mol. The maximum Gasteiger partial charge on any atom is 0.0897 e. The Morgan fingerprint density at radius 3 is 2.74 bits per heavy atom. The van der Waals surface area contributed by atoms with Crippen LogP contribution in [0.15, 0.2) is 5.38 Å². The van der Waals surface area contributed by atoms with Gasteiger partial charge in [-0.2, -0.15) is 0 Å². The highest BCUT2D eigenvalue weighted by Crippen LogP contribution is 2.28. The van der Waals surface area contributed by atoms with Crippen LogP contribution in [0.1, 0.15) is 44.8 Å². The van der Waals surface area contributed by atoms with E-state index in [0.29, 0.717) is 17.5 Å². The second kappa shape index (κ2) is 5.90. The van der Waals surface area contributed by atoms with E-state index in [1.807, 2.05) is 0 Å². The largest absolute Gasteiger partial charge is 0.311 e. The van der Waals surface area contributed by atoms with Gasteiger partial charge in [-0.3, -0.25) is 4.90 Å². The summed E-state index contributed by atoms with van der Waals surface area (Å²) in [6.07, 6.45) is 1.20. The summed E-state index contributed by atoms with van der Waals surface area (Å²) in [5.74, 6) is 0. The number of hydrogen-bond acceptors (Lipinski definition) is 4. The van der Waals surface area contributed by atoms with Gasteiger partial charge in [-0.25, -0.2) is 4.98 Å². The second-order valence-electron chi connectivity index (χ2n) is 6.68. The van der Waals surface area contributed by atoms with Gasteiger partial charge in [-0.1, -0.05) is 27.7 Å². The van der Waals surface area contributed by atoms with Gasteiger partial charge in [-0.15, -0.1) is 11.3 Å². The first-order chi connectivity index (χ1) is 8.90. The monoisotopic (exact) mass is 281 g/mol. The molecule has 0 radical (unpaired) electrons. The van der Waals surface area contributed by atoms with Gasteiger partial charge in [0.25, 0.3) is 0 Å².